The molecular formula is C14H20ClNO2. The van der Waals surface area contributed by atoms with Crippen LogP contribution < -0.4 is 5.32 Å². The quantitative estimate of drug-likeness (QED) is 0.773. The minimum absolute atomic E-state index is 0.135. The first-order valence-corrected chi connectivity index (χ1v) is 6.59. The van der Waals surface area contributed by atoms with Crippen molar-refractivity contribution in [2.24, 2.45) is 5.92 Å². The Labute approximate surface area is 113 Å². The third kappa shape index (κ3) is 5.52. The number of carbonyl (C=O) groups excluding carboxylic acids is 1. The Kier molecular flexibility index (Phi) is 6.76. The van der Waals surface area contributed by atoms with Crippen molar-refractivity contribution in [1.29, 1.82) is 0 Å². The summed E-state index contributed by atoms with van der Waals surface area (Å²) < 4.78 is 5.43. The van der Waals surface area contributed by atoms with Crippen LogP contribution in [-0.2, 0) is 4.74 Å². The summed E-state index contributed by atoms with van der Waals surface area (Å²) in [6.45, 7) is 6.25. The molecule has 1 N–H and O–H groups in total. The number of halogens is 1. The molecule has 0 aliphatic heterocycles. The second kappa shape index (κ2) is 8.11. The molecular weight excluding hydrogens is 250 g/mol. The molecule has 4 heteroatoms. The summed E-state index contributed by atoms with van der Waals surface area (Å²) in [7, 11) is 0. The van der Waals surface area contributed by atoms with Gasteiger partial charge in [-0.3, -0.25) is 4.79 Å². The van der Waals surface area contributed by atoms with Gasteiger partial charge >= 0.3 is 0 Å². The predicted octanol–water partition coefficient (Wildman–Crippen LogP) is 3.13. The van der Waals surface area contributed by atoms with Crippen LogP contribution in [-0.4, -0.2) is 25.7 Å². The number of benzene rings is 1. The van der Waals surface area contributed by atoms with E-state index in [-0.39, 0.29) is 5.91 Å². The monoisotopic (exact) mass is 269 g/mol. The van der Waals surface area contributed by atoms with Gasteiger partial charge in [0.25, 0.3) is 5.91 Å². The molecule has 18 heavy (non-hydrogen) atoms. The zero-order valence-electron chi connectivity index (χ0n) is 10.9. The van der Waals surface area contributed by atoms with E-state index in [9.17, 15) is 4.79 Å². The van der Waals surface area contributed by atoms with E-state index in [0.29, 0.717) is 29.7 Å². The van der Waals surface area contributed by atoms with Crippen molar-refractivity contribution in [1.82, 2.24) is 5.32 Å². The molecule has 100 valence electrons. The van der Waals surface area contributed by atoms with E-state index in [2.05, 4.69) is 19.2 Å². The molecule has 0 radical (unpaired) electrons. The van der Waals surface area contributed by atoms with Crippen molar-refractivity contribution in [3.8, 4) is 0 Å². The molecule has 0 atom stereocenters. The fourth-order valence-electron chi connectivity index (χ4n) is 1.44. The highest BCUT2D eigenvalue weighted by molar-refractivity contribution is 6.33. The van der Waals surface area contributed by atoms with Gasteiger partial charge in [-0.1, -0.05) is 37.6 Å². The third-order valence-electron chi connectivity index (χ3n) is 2.32. The molecule has 0 heterocycles. The fourth-order valence-corrected chi connectivity index (χ4v) is 1.66. The molecule has 1 amide bonds. The minimum Gasteiger partial charge on any atom is -0.381 e. The summed E-state index contributed by atoms with van der Waals surface area (Å²) in [5, 5.41) is 3.30. The lowest BCUT2D eigenvalue weighted by Gasteiger charge is -2.08. The average Bonchev–Trinajstić information content (AvgIpc) is 2.33. The summed E-state index contributed by atoms with van der Waals surface area (Å²) in [6, 6.07) is 7.03. The summed E-state index contributed by atoms with van der Waals surface area (Å²) in [5.41, 5.74) is 0.516. The van der Waals surface area contributed by atoms with E-state index in [0.717, 1.165) is 13.0 Å². The number of amides is 1. The molecule has 1 rings (SSSR count). The molecule has 0 saturated heterocycles. The normalized spacial score (nSPS) is 10.7. The maximum Gasteiger partial charge on any atom is 0.252 e. The topological polar surface area (TPSA) is 38.3 Å². The second-order valence-corrected chi connectivity index (χ2v) is 4.97. The van der Waals surface area contributed by atoms with Crippen LogP contribution in [0.1, 0.15) is 30.6 Å². The average molecular weight is 270 g/mol. The van der Waals surface area contributed by atoms with Crippen molar-refractivity contribution < 1.29 is 9.53 Å². The van der Waals surface area contributed by atoms with Gasteiger partial charge in [-0.05, 0) is 24.5 Å². The van der Waals surface area contributed by atoms with Crippen LogP contribution in [0.25, 0.3) is 0 Å². The summed E-state index contributed by atoms with van der Waals surface area (Å²) in [5.74, 6) is 0.409. The lowest BCUT2D eigenvalue weighted by Crippen LogP contribution is -2.25. The molecule has 0 aromatic heterocycles. The molecule has 1 aromatic carbocycles. The summed E-state index contributed by atoms with van der Waals surface area (Å²) in [6.07, 6.45) is 0.808. The SMILES string of the molecule is CC(C)COCCCNC(=O)c1ccccc1Cl. The molecule has 0 unspecified atom stereocenters. The highest BCUT2D eigenvalue weighted by Gasteiger charge is 2.07. The van der Waals surface area contributed by atoms with Gasteiger partial charge in [0.1, 0.15) is 0 Å². The number of hydrogen-bond donors (Lipinski definition) is 1. The highest BCUT2D eigenvalue weighted by atomic mass is 35.5. The van der Waals surface area contributed by atoms with Crippen molar-refractivity contribution >= 4 is 17.5 Å². The van der Waals surface area contributed by atoms with Gasteiger partial charge in [0.15, 0.2) is 0 Å². The van der Waals surface area contributed by atoms with Crippen molar-refractivity contribution in [2.45, 2.75) is 20.3 Å². The molecule has 0 saturated carbocycles. The maximum atomic E-state index is 11.8. The first-order chi connectivity index (χ1) is 8.61. The number of nitrogens with one attached hydrogen (secondary N) is 1. The van der Waals surface area contributed by atoms with Crippen molar-refractivity contribution in [2.75, 3.05) is 19.8 Å². The molecule has 0 aliphatic carbocycles. The third-order valence-corrected chi connectivity index (χ3v) is 2.65. The van der Waals surface area contributed by atoms with Crippen LogP contribution >= 0.6 is 11.6 Å². The Morgan fingerprint density at radius 3 is 2.78 bits per heavy atom. The van der Waals surface area contributed by atoms with E-state index < -0.39 is 0 Å². The maximum absolute atomic E-state index is 11.8. The van der Waals surface area contributed by atoms with Crippen LogP contribution in [0.5, 0.6) is 0 Å². The van der Waals surface area contributed by atoms with Crippen LogP contribution in [0.2, 0.25) is 5.02 Å². The number of carbonyl (C=O) groups is 1. The number of hydrogen-bond acceptors (Lipinski definition) is 2. The lowest BCUT2D eigenvalue weighted by atomic mass is 10.2. The van der Waals surface area contributed by atoms with Crippen LogP contribution in [0.4, 0.5) is 0 Å². The van der Waals surface area contributed by atoms with Gasteiger partial charge in [-0.2, -0.15) is 0 Å². The molecule has 0 spiro atoms. The van der Waals surface area contributed by atoms with Gasteiger partial charge in [0, 0.05) is 19.8 Å². The summed E-state index contributed by atoms with van der Waals surface area (Å²) >= 11 is 5.93. The van der Waals surface area contributed by atoms with E-state index in [1.165, 1.54) is 0 Å². The molecule has 0 aliphatic rings. The second-order valence-electron chi connectivity index (χ2n) is 4.56. The van der Waals surface area contributed by atoms with Gasteiger partial charge in [-0.15, -0.1) is 0 Å². The molecule has 3 nitrogen and oxygen atoms in total. The Hall–Kier alpha value is -1.06. The van der Waals surface area contributed by atoms with Crippen molar-refractivity contribution in [3.05, 3.63) is 34.9 Å². The van der Waals surface area contributed by atoms with E-state index >= 15 is 0 Å². The van der Waals surface area contributed by atoms with Crippen LogP contribution in [0.15, 0.2) is 24.3 Å². The van der Waals surface area contributed by atoms with Crippen LogP contribution in [0, 0.1) is 5.92 Å². The molecule has 0 bridgehead atoms. The number of ether oxygens (including phenoxy) is 1. The van der Waals surface area contributed by atoms with E-state index in [1.807, 2.05) is 0 Å². The standard InChI is InChI=1S/C14H20ClNO2/c1-11(2)10-18-9-5-8-16-14(17)12-6-3-4-7-13(12)15/h3-4,6-7,11H,5,8-10H2,1-2H3,(H,16,17). The largest absolute Gasteiger partial charge is 0.381 e. The van der Waals surface area contributed by atoms with Gasteiger partial charge in [-0.25, -0.2) is 0 Å². The zero-order chi connectivity index (χ0) is 13.4. The highest BCUT2D eigenvalue weighted by Crippen LogP contribution is 2.14. The molecule has 0 fully saturated rings. The fraction of sp³-hybridized carbons (Fsp3) is 0.500. The lowest BCUT2D eigenvalue weighted by molar-refractivity contribution is 0.0925. The van der Waals surface area contributed by atoms with Crippen LogP contribution in [0.3, 0.4) is 0 Å². The van der Waals surface area contributed by atoms with E-state index in [4.69, 9.17) is 16.3 Å². The smallest absolute Gasteiger partial charge is 0.252 e. The first kappa shape index (κ1) is 15.0. The first-order valence-electron chi connectivity index (χ1n) is 6.21. The Morgan fingerprint density at radius 1 is 1.39 bits per heavy atom. The van der Waals surface area contributed by atoms with Gasteiger partial charge < -0.3 is 10.1 Å². The van der Waals surface area contributed by atoms with E-state index in [1.54, 1.807) is 24.3 Å². The Morgan fingerprint density at radius 2 is 2.11 bits per heavy atom. The summed E-state index contributed by atoms with van der Waals surface area (Å²) in [4.78, 5) is 11.8. The van der Waals surface area contributed by atoms with Crippen molar-refractivity contribution in [3.63, 3.8) is 0 Å². The Bertz CT molecular complexity index is 380. The predicted molar refractivity (Wildman–Crippen MR) is 74.1 cm³/mol. The molecule has 1 aromatic rings. The Balaban J connectivity index is 2.20. The zero-order valence-corrected chi connectivity index (χ0v) is 11.7. The number of rotatable bonds is 7. The van der Waals surface area contributed by atoms with Gasteiger partial charge in [0.2, 0.25) is 0 Å². The van der Waals surface area contributed by atoms with Gasteiger partial charge in [0.05, 0.1) is 10.6 Å². The minimum atomic E-state index is -0.135.